The molecule has 1 aliphatic rings. The number of hydrogen-bond donors (Lipinski definition) is 1. The van der Waals surface area contributed by atoms with Gasteiger partial charge in [0.1, 0.15) is 6.10 Å². The molecular formula is C10H16Br2O5S. The Morgan fingerprint density at radius 1 is 1.44 bits per heavy atom. The first kappa shape index (κ1) is 16.6. The Balaban J connectivity index is 2.99. The van der Waals surface area contributed by atoms with Gasteiger partial charge in [0.05, 0.1) is 13.0 Å². The van der Waals surface area contributed by atoms with Crippen LogP contribution in [0.2, 0.25) is 0 Å². The van der Waals surface area contributed by atoms with Crippen LogP contribution in [0.5, 0.6) is 0 Å². The van der Waals surface area contributed by atoms with E-state index < -0.39 is 19.7 Å². The Kier molecular flexibility index (Phi) is 5.03. The lowest BCUT2D eigenvalue weighted by Crippen LogP contribution is -2.39. The lowest BCUT2D eigenvalue weighted by molar-refractivity contribution is -0.143. The first-order chi connectivity index (χ1) is 8.12. The molecule has 0 amide bonds. The molecule has 0 aromatic rings. The van der Waals surface area contributed by atoms with Crippen LogP contribution in [0.4, 0.5) is 0 Å². The number of methoxy groups -OCH3 is 2. The summed E-state index contributed by atoms with van der Waals surface area (Å²) in [6, 6.07) is 0. The molecule has 0 heterocycles. The second kappa shape index (κ2) is 5.47. The van der Waals surface area contributed by atoms with Gasteiger partial charge in [-0.05, 0) is 5.41 Å². The smallest absolute Gasteiger partial charge is 0.309 e. The maximum Gasteiger partial charge on any atom is 0.309 e. The zero-order valence-electron chi connectivity index (χ0n) is 10.5. The Morgan fingerprint density at radius 3 is 2.28 bits per heavy atom. The normalized spacial score (nSPS) is 29.5. The van der Waals surface area contributed by atoms with Gasteiger partial charge >= 0.3 is 5.97 Å². The fraction of sp³-hybridized carbons (Fsp3) is 0.900. The van der Waals surface area contributed by atoms with Crippen molar-refractivity contribution in [2.45, 2.75) is 22.5 Å². The van der Waals surface area contributed by atoms with Crippen LogP contribution in [0, 0.1) is 17.3 Å². The summed E-state index contributed by atoms with van der Waals surface area (Å²) in [5.74, 6) is -0.873. The van der Waals surface area contributed by atoms with Crippen molar-refractivity contribution < 1.29 is 23.0 Å². The zero-order valence-corrected chi connectivity index (χ0v) is 14.5. The fourth-order valence-electron chi connectivity index (χ4n) is 2.41. The minimum absolute atomic E-state index is 0.204. The van der Waals surface area contributed by atoms with Gasteiger partial charge in [0, 0.05) is 13.0 Å². The number of esters is 1. The van der Waals surface area contributed by atoms with E-state index in [9.17, 15) is 13.6 Å². The number of carbonyl (C=O) groups excluding carboxylic acids is 1. The van der Waals surface area contributed by atoms with Crippen molar-refractivity contribution in [3.8, 4) is 0 Å². The van der Waals surface area contributed by atoms with Crippen molar-refractivity contribution in [1.29, 1.82) is 0 Å². The Labute approximate surface area is 126 Å². The topological polar surface area (TPSA) is 72.8 Å². The van der Waals surface area contributed by atoms with Crippen molar-refractivity contribution >= 4 is 48.9 Å². The van der Waals surface area contributed by atoms with Crippen molar-refractivity contribution in [2.24, 2.45) is 17.3 Å². The summed E-state index contributed by atoms with van der Waals surface area (Å²) in [4.78, 5) is 11.7. The van der Waals surface area contributed by atoms with E-state index in [0.29, 0.717) is 0 Å². The summed E-state index contributed by atoms with van der Waals surface area (Å²) in [6.07, 6.45) is -0.637. The Bertz CT molecular complexity index is 371. The summed E-state index contributed by atoms with van der Waals surface area (Å²) in [7, 11) is 2.77. The number of rotatable bonds is 5. The number of carbonyl (C=O) groups is 1. The van der Waals surface area contributed by atoms with Gasteiger partial charge in [-0.25, -0.2) is 4.21 Å². The number of halogens is 2. The molecule has 0 saturated heterocycles. The molecule has 8 heteroatoms. The highest BCUT2D eigenvalue weighted by Gasteiger charge is 2.69. The number of hydrogen-bond acceptors (Lipinski definition) is 4. The van der Waals surface area contributed by atoms with Crippen LogP contribution >= 0.6 is 31.9 Å². The van der Waals surface area contributed by atoms with Gasteiger partial charge in [-0.2, -0.15) is 0 Å². The van der Waals surface area contributed by atoms with E-state index in [0.717, 1.165) is 0 Å². The largest absolute Gasteiger partial charge is 0.469 e. The maximum atomic E-state index is 11.7. The monoisotopic (exact) mass is 406 g/mol. The van der Waals surface area contributed by atoms with Crippen LogP contribution in [0.3, 0.4) is 0 Å². The molecule has 0 spiro atoms. The Hall–Kier alpha value is 0.500. The van der Waals surface area contributed by atoms with Crippen molar-refractivity contribution in [2.75, 3.05) is 14.2 Å². The van der Waals surface area contributed by atoms with Crippen molar-refractivity contribution in [3.63, 3.8) is 0 Å². The molecule has 0 bridgehead atoms. The van der Waals surface area contributed by atoms with Crippen LogP contribution < -0.4 is 0 Å². The molecule has 0 radical (unpaired) electrons. The fourth-order valence-corrected chi connectivity index (χ4v) is 3.80. The predicted molar refractivity (Wildman–Crippen MR) is 74.9 cm³/mol. The van der Waals surface area contributed by atoms with E-state index in [-0.39, 0.29) is 23.2 Å². The standard InChI is InChI=1S/C10H16Br2O5S/c1-9(2)5(6(9)8(13)17-4)7(16-3)10(11,12)18(14)15/h5-7H,1-4H3,(H,14,15). The van der Waals surface area contributed by atoms with Crippen LogP contribution in [-0.4, -0.2) is 37.6 Å². The molecule has 1 saturated carbocycles. The van der Waals surface area contributed by atoms with Crippen LogP contribution in [0.15, 0.2) is 0 Å². The Morgan fingerprint density at radius 2 is 1.94 bits per heavy atom. The van der Waals surface area contributed by atoms with Gasteiger partial charge in [0.2, 0.25) is 2.57 Å². The molecule has 4 atom stereocenters. The van der Waals surface area contributed by atoms with E-state index in [1.54, 1.807) is 0 Å². The van der Waals surface area contributed by atoms with Crippen LogP contribution in [0.25, 0.3) is 0 Å². The van der Waals surface area contributed by atoms with Gasteiger partial charge in [-0.3, -0.25) is 4.79 Å². The minimum atomic E-state index is -2.19. The first-order valence-electron chi connectivity index (χ1n) is 5.21. The molecule has 1 rings (SSSR count). The highest BCUT2D eigenvalue weighted by molar-refractivity contribution is 9.27. The summed E-state index contributed by atoms with van der Waals surface area (Å²) >= 11 is 4.11. The van der Waals surface area contributed by atoms with E-state index in [2.05, 4.69) is 31.9 Å². The van der Waals surface area contributed by atoms with E-state index in [4.69, 9.17) is 9.47 Å². The summed E-state index contributed by atoms with van der Waals surface area (Å²) in [6.45, 7) is 3.81. The van der Waals surface area contributed by atoms with Crippen molar-refractivity contribution in [3.05, 3.63) is 0 Å². The molecule has 106 valence electrons. The van der Waals surface area contributed by atoms with E-state index in [1.165, 1.54) is 14.2 Å². The highest BCUT2D eigenvalue weighted by atomic mass is 79.9. The number of ether oxygens (including phenoxy) is 2. The third-order valence-electron chi connectivity index (χ3n) is 3.51. The molecule has 1 aliphatic carbocycles. The second-order valence-corrected chi connectivity index (χ2v) is 10.6. The van der Waals surface area contributed by atoms with Gasteiger partial charge in [0.15, 0.2) is 11.1 Å². The highest BCUT2D eigenvalue weighted by Crippen LogP contribution is 2.64. The van der Waals surface area contributed by atoms with E-state index >= 15 is 0 Å². The quantitative estimate of drug-likeness (QED) is 0.429. The van der Waals surface area contributed by atoms with Crippen LogP contribution in [-0.2, 0) is 25.3 Å². The summed E-state index contributed by atoms with van der Waals surface area (Å²) in [5, 5.41) is 0. The third kappa shape index (κ3) is 2.67. The molecule has 0 aromatic carbocycles. The zero-order chi connectivity index (χ0) is 14.3. The molecule has 5 nitrogen and oxygen atoms in total. The minimum Gasteiger partial charge on any atom is -0.469 e. The molecule has 18 heavy (non-hydrogen) atoms. The van der Waals surface area contributed by atoms with Gasteiger partial charge in [-0.15, -0.1) is 0 Å². The van der Waals surface area contributed by atoms with Gasteiger partial charge < -0.3 is 14.0 Å². The molecule has 4 unspecified atom stereocenters. The second-order valence-electron chi connectivity index (χ2n) is 4.82. The predicted octanol–water partition coefficient (Wildman–Crippen LogP) is 2.11. The van der Waals surface area contributed by atoms with Gasteiger partial charge in [0.25, 0.3) is 0 Å². The SMILES string of the molecule is COC(=O)C1C(C(OC)C(Br)(Br)S(=O)O)C1(C)C. The van der Waals surface area contributed by atoms with Crippen LogP contribution in [0.1, 0.15) is 13.8 Å². The van der Waals surface area contributed by atoms with Gasteiger partial charge in [-0.1, -0.05) is 45.7 Å². The molecular weight excluding hydrogens is 392 g/mol. The number of alkyl halides is 2. The maximum absolute atomic E-state index is 11.7. The summed E-state index contributed by atoms with van der Waals surface area (Å²) < 4.78 is 29.4. The third-order valence-corrected chi connectivity index (χ3v) is 6.77. The molecule has 0 aliphatic heterocycles. The lowest BCUT2D eigenvalue weighted by atomic mass is 10.1. The lowest BCUT2D eigenvalue weighted by Gasteiger charge is -2.27. The first-order valence-corrected chi connectivity index (χ1v) is 7.91. The average Bonchev–Trinajstić information content (AvgIpc) is 2.81. The van der Waals surface area contributed by atoms with E-state index in [1.807, 2.05) is 13.8 Å². The molecule has 1 fully saturated rings. The molecule has 1 N–H and O–H groups in total. The summed E-state index contributed by atoms with van der Waals surface area (Å²) in [5.41, 5.74) is -0.333. The van der Waals surface area contributed by atoms with Crippen molar-refractivity contribution in [1.82, 2.24) is 0 Å². The average molecular weight is 408 g/mol. The molecule has 0 aromatic heterocycles.